The number of fused-ring (bicyclic) bond motifs is 3. The van der Waals surface area contributed by atoms with Gasteiger partial charge in [-0.15, -0.1) is 0 Å². The molecule has 1 heterocycles. The van der Waals surface area contributed by atoms with E-state index in [1.807, 2.05) is 6.08 Å². The van der Waals surface area contributed by atoms with E-state index in [1.165, 1.54) is 24.2 Å². The van der Waals surface area contributed by atoms with Crippen LogP contribution in [0.2, 0.25) is 0 Å². The summed E-state index contributed by atoms with van der Waals surface area (Å²) >= 11 is 0. The van der Waals surface area contributed by atoms with Gasteiger partial charge in [0.2, 0.25) is 11.8 Å². The maximum absolute atomic E-state index is 13.3. The predicted molar refractivity (Wildman–Crippen MR) is 118 cm³/mol. The van der Waals surface area contributed by atoms with E-state index in [1.54, 1.807) is 26.0 Å². The quantitative estimate of drug-likeness (QED) is 0.434. The van der Waals surface area contributed by atoms with Crippen molar-refractivity contribution in [2.75, 3.05) is 13.7 Å². The number of rotatable bonds is 3. The molecular formula is C26H25NO6. The lowest BCUT2D eigenvalue weighted by Gasteiger charge is -2.42. The van der Waals surface area contributed by atoms with E-state index < -0.39 is 23.7 Å². The standard InChI is InChI=1S/C26H25NO6/c1-4-27-25(31)15-7-6-14-16(22(15)26(27)32)11-18-20(29)9-12(2)24(30)23(18)21(14)17-10-13(33-3)5-8-19(17)28/h5-6,8-10,15-16,21-22,28H,4,7,11H2,1-3H3. The summed E-state index contributed by atoms with van der Waals surface area (Å²) in [6.07, 6.45) is 3.90. The molecule has 0 bridgehead atoms. The number of hydrogen-bond acceptors (Lipinski definition) is 6. The fourth-order valence-corrected chi connectivity index (χ4v) is 5.98. The largest absolute Gasteiger partial charge is 0.508 e. The first kappa shape index (κ1) is 21.4. The summed E-state index contributed by atoms with van der Waals surface area (Å²) < 4.78 is 5.36. The molecule has 1 fully saturated rings. The van der Waals surface area contributed by atoms with Gasteiger partial charge in [-0.05, 0) is 56.9 Å². The van der Waals surface area contributed by atoms with E-state index in [4.69, 9.17) is 4.74 Å². The molecule has 1 N–H and O–H groups in total. The molecule has 7 heteroatoms. The molecule has 170 valence electrons. The Morgan fingerprint density at radius 3 is 2.58 bits per heavy atom. The molecule has 0 saturated carbocycles. The van der Waals surface area contributed by atoms with Crippen LogP contribution in [-0.4, -0.2) is 47.0 Å². The number of phenolic OH excluding ortho intramolecular Hbond substituents is 1. The van der Waals surface area contributed by atoms with E-state index in [9.17, 15) is 24.3 Å². The number of hydrogen-bond donors (Lipinski definition) is 1. The zero-order valence-corrected chi connectivity index (χ0v) is 18.8. The molecule has 1 aromatic carbocycles. The monoisotopic (exact) mass is 447 g/mol. The van der Waals surface area contributed by atoms with Crippen LogP contribution in [-0.2, 0) is 19.2 Å². The molecule has 1 saturated heterocycles. The van der Waals surface area contributed by atoms with Gasteiger partial charge < -0.3 is 9.84 Å². The molecule has 4 atom stereocenters. The Kier molecular flexibility index (Phi) is 4.88. The molecule has 3 aliphatic carbocycles. The number of carbonyl (C=O) groups excluding carboxylic acids is 4. The van der Waals surface area contributed by atoms with Gasteiger partial charge in [0, 0.05) is 34.7 Å². The number of ether oxygens (including phenoxy) is 1. The van der Waals surface area contributed by atoms with Crippen molar-refractivity contribution in [3.05, 3.63) is 58.2 Å². The Balaban J connectivity index is 1.73. The zero-order chi connectivity index (χ0) is 23.6. The van der Waals surface area contributed by atoms with Gasteiger partial charge in [-0.1, -0.05) is 11.6 Å². The number of imide groups is 1. The average Bonchev–Trinajstić information content (AvgIpc) is 3.06. The highest BCUT2D eigenvalue weighted by atomic mass is 16.5. The van der Waals surface area contributed by atoms with Crippen molar-refractivity contribution in [2.24, 2.45) is 17.8 Å². The summed E-state index contributed by atoms with van der Waals surface area (Å²) in [7, 11) is 1.51. The van der Waals surface area contributed by atoms with Gasteiger partial charge in [0.25, 0.3) is 0 Å². The molecular weight excluding hydrogens is 422 g/mol. The van der Waals surface area contributed by atoms with Crippen LogP contribution in [0.4, 0.5) is 0 Å². The Hall–Kier alpha value is -3.48. The highest BCUT2D eigenvalue weighted by Crippen LogP contribution is 2.56. The number of allylic oxidation sites excluding steroid dienone is 6. The molecule has 0 radical (unpaired) electrons. The molecule has 2 amide bonds. The number of phenols is 1. The van der Waals surface area contributed by atoms with Crippen LogP contribution in [0.15, 0.2) is 52.6 Å². The fourth-order valence-electron chi connectivity index (χ4n) is 5.98. The Labute approximate surface area is 191 Å². The molecule has 33 heavy (non-hydrogen) atoms. The number of amides is 2. The zero-order valence-electron chi connectivity index (χ0n) is 18.8. The second-order valence-corrected chi connectivity index (χ2v) is 9.07. The van der Waals surface area contributed by atoms with Crippen molar-refractivity contribution in [2.45, 2.75) is 32.6 Å². The number of aromatic hydroxyl groups is 1. The van der Waals surface area contributed by atoms with Crippen LogP contribution < -0.4 is 4.74 Å². The van der Waals surface area contributed by atoms with E-state index in [-0.39, 0.29) is 35.6 Å². The second kappa shape index (κ2) is 7.54. The van der Waals surface area contributed by atoms with Gasteiger partial charge in [0.15, 0.2) is 11.6 Å². The highest BCUT2D eigenvalue weighted by molar-refractivity contribution is 6.24. The average molecular weight is 447 g/mol. The third-order valence-electron chi connectivity index (χ3n) is 7.52. The van der Waals surface area contributed by atoms with Gasteiger partial charge in [0.05, 0.1) is 18.9 Å². The molecule has 0 spiro atoms. The number of ketones is 2. The Morgan fingerprint density at radius 1 is 1.12 bits per heavy atom. The molecule has 4 unspecified atom stereocenters. The van der Waals surface area contributed by atoms with Gasteiger partial charge >= 0.3 is 0 Å². The van der Waals surface area contributed by atoms with Gasteiger partial charge in [-0.2, -0.15) is 0 Å². The molecule has 1 aliphatic heterocycles. The Bertz CT molecular complexity index is 1220. The van der Waals surface area contributed by atoms with Crippen molar-refractivity contribution in [1.82, 2.24) is 4.90 Å². The lowest BCUT2D eigenvalue weighted by Crippen LogP contribution is -2.39. The highest BCUT2D eigenvalue weighted by Gasteiger charge is 2.56. The number of methoxy groups -OCH3 is 1. The van der Waals surface area contributed by atoms with Crippen molar-refractivity contribution in [3.8, 4) is 11.5 Å². The summed E-state index contributed by atoms with van der Waals surface area (Å²) in [4.78, 5) is 53.8. The minimum atomic E-state index is -0.687. The van der Waals surface area contributed by atoms with Gasteiger partial charge in [0.1, 0.15) is 11.5 Å². The first-order valence-electron chi connectivity index (χ1n) is 11.2. The van der Waals surface area contributed by atoms with Crippen LogP contribution in [0, 0.1) is 17.8 Å². The summed E-state index contributed by atoms with van der Waals surface area (Å²) in [6.45, 7) is 3.69. The summed E-state index contributed by atoms with van der Waals surface area (Å²) in [5.74, 6) is -2.51. The third kappa shape index (κ3) is 2.95. The van der Waals surface area contributed by atoms with Crippen molar-refractivity contribution in [1.29, 1.82) is 0 Å². The number of likely N-dealkylation sites (tertiary alicyclic amines) is 1. The number of carbonyl (C=O) groups is 4. The normalized spacial score (nSPS) is 28.9. The van der Waals surface area contributed by atoms with Crippen molar-refractivity contribution in [3.63, 3.8) is 0 Å². The van der Waals surface area contributed by atoms with E-state index in [0.717, 1.165) is 5.57 Å². The third-order valence-corrected chi connectivity index (χ3v) is 7.52. The lowest BCUT2D eigenvalue weighted by atomic mass is 9.59. The van der Waals surface area contributed by atoms with Crippen LogP contribution >= 0.6 is 0 Å². The minimum Gasteiger partial charge on any atom is -0.508 e. The summed E-state index contributed by atoms with van der Waals surface area (Å²) in [6, 6.07) is 4.80. The number of benzene rings is 1. The smallest absolute Gasteiger partial charge is 0.233 e. The molecule has 7 nitrogen and oxygen atoms in total. The van der Waals surface area contributed by atoms with Crippen LogP contribution in [0.25, 0.3) is 0 Å². The lowest BCUT2D eigenvalue weighted by molar-refractivity contribution is -0.139. The summed E-state index contributed by atoms with van der Waals surface area (Å²) in [5.41, 5.74) is 2.34. The number of nitrogens with zero attached hydrogens (tertiary/aromatic N) is 1. The van der Waals surface area contributed by atoms with Gasteiger partial charge in [-0.3, -0.25) is 24.1 Å². The molecule has 0 aromatic heterocycles. The Morgan fingerprint density at radius 2 is 1.88 bits per heavy atom. The van der Waals surface area contributed by atoms with Gasteiger partial charge in [-0.25, -0.2) is 0 Å². The maximum Gasteiger partial charge on any atom is 0.233 e. The van der Waals surface area contributed by atoms with E-state index in [0.29, 0.717) is 41.0 Å². The van der Waals surface area contributed by atoms with Crippen molar-refractivity contribution >= 4 is 23.4 Å². The predicted octanol–water partition coefficient (Wildman–Crippen LogP) is 2.85. The molecule has 4 aliphatic rings. The minimum absolute atomic E-state index is 0.0206. The fraction of sp³-hybridized carbons (Fsp3) is 0.385. The SMILES string of the molecule is CCN1C(=O)C2CC=C3C(c4cc(OC)ccc4O)C4=C(CC3C2C1=O)C(=O)C=C(C)C4=O. The maximum atomic E-state index is 13.3. The first-order valence-corrected chi connectivity index (χ1v) is 11.2. The van der Waals surface area contributed by atoms with E-state index >= 15 is 0 Å². The summed E-state index contributed by atoms with van der Waals surface area (Å²) in [5, 5.41) is 10.8. The van der Waals surface area contributed by atoms with Crippen LogP contribution in [0.1, 0.15) is 38.2 Å². The van der Waals surface area contributed by atoms with Crippen LogP contribution in [0.3, 0.4) is 0 Å². The number of Topliss-reactive ketones (excluding diaryl/α,β-unsaturated/α-hetero) is 1. The first-order chi connectivity index (χ1) is 15.8. The molecule has 5 rings (SSSR count). The second-order valence-electron chi connectivity index (χ2n) is 9.07. The molecule has 1 aromatic rings. The van der Waals surface area contributed by atoms with E-state index in [2.05, 4.69) is 0 Å². The van der Waals surface area contributed by atoms with Crippen molar-refractivity contribution < 1.29 is 29.0 Å². The van der Waals surface area contributed by atoms with Crippen LogP contribution in [0.5, 0.6) is 11.5 Å². The topological polar surface area (TPSA) is 101 Å².